The molecule has 0 spiro atoms. The molecule has 4 aromatic rings. The van der Waals surface area contributed by atoms with Crippen LogP contribution in [0.1, 0.15) is 0 Å². The number of hydrogen-bond donors (Lipinski definition) is 1. The SMILES string of the molecule is [11C-]#[N+]c1ccccc1-c1cc(-c2ncccn2)cn(-c2ccc(F)c(N)c2)c1=O. The molecule has 0 bridgehead atoms. The Morgan fingerprint density at radius 2 is 1.76 bits per heavy atom. The van der Waals surface area contributed by atoms with Crippen LogP contribution < -0.4 is 11.3 Å². The fraction of sp³-hybridized carbons (Fsp3) is 0. The fourth-order valence-corrected chi connectivity index (χ4v) is 3.02. The van der Waals surface area contributed by atoms with Crippen molar-refractivity contribution in [3.05, 3.63) is 101 Å². The minimum atomic E-state index is -0.567. The van der Waals surface area contributed by atoms with Crippen molar-refractivity contribution in [1.29, 1.82) is 0 Å². The molecule has 2 aromatic carbocycles. The molecule has 29 heavy (non-hydrogen) atoms. The highest BCUT2D eigenvalue weighted by atomic mass is 19.1. The number of halogens is 1. The highest BCUT2D eigenvalue weighted by molar-refractivity contribution is 5.80. The molecule has 0 aliphatic heterocycles. The Bertz CT molecular complexity index is 1310. The van der Waals surface area contributed by atoms with E-state index in [-0.39, 0.29) is 11.2 Å². The van der Waals surface area contributed by atoms with E-state index in [2.05, 4.69) is 14.8 Å². The summed E-state index contributed by atoms with van der Waals surface area (Å²) in [5.74, 6) is -0.152. The summed E-state index contributed by atoms with van der Waals surface area (Å²) in [7, 11) is 0. The van der Waals surface area contributed by atoms with E-state index < -0.39 is 5.82 Å². The van der Waals surface area contributed by atoms with Gasteiger partial charge < -0.3 is 5.73 Å². The van der Waals surface area contributed by atoms with Crippen LogP contribution in [-0.2, 0) is 0 Å². The molecule has 0 fully saturated rings. The molecular formula is C22H14FN5O. The lowest BCUT2D eigenvalue weighted by Gasteiger charge is -2.13. The van der Waals surface area contributed by atoms with Gasteiger partial charge in [-0.15, -0.1) is 0 Å². The summed E-state index contributed by atoms with van der Waals surface area (Å²) in [5.41, 5.74) is 7.38. The second-order valence-electron chi connectivity index (χ2n) is 6.22. The lowest BCUT2D eigenvalue weighted by Crippen LogP contribution is -2.20. The van der Waals surface area contributed by atoms with E-state index in [9.17, 15) is 9.18 Å². The number of nitrogens with two attached hydrogens (primary N) is 1. The summed E-state index contributed by atoms with van der Waals surface area (Å²) in [6.07, 6.45) is 4.77. The molecule has 0 amide bonds. The molecule has 4 rings (SSSR count). The molecule has 0 saturated carbocycles. The van der Waals surface area contributed by atoms with E-state index in [1.165, 1.54) is 22.8 Å². The molecule has 0 atom stereocenters. The highest BCUT2D eigenvalue weighted by Crippen LogP contribution is 2.30. The molecule has 7 heteroatoms. The number of nitrogen functional groups attached to an aromatic ring is 1. The van der Waals surface area contributed by atoms with Crippen LogP contribution in [0.4, 0.5) is 15.8 Å². The Labute approximate surface area is 165 Å². The van der Waals surface area contributed by atoms with Gasteiger partial charge in [0.1, 0.15) is 5.82 Å². The van der Waals surface area contributed by atoms with Crippen molar-refractivity contribution in [1.82, 2.24) is 14.5 Å². The summed E-state index contributed by atoms with van der Waals surface area (Å²) in [6.45, 7) is 7.42. The second-order valence-corrected chi connectivity index (χ2v) is 6.22. The van der Waals surface area contributed by atoms with Crippen LogP contribution in [0.3, 0.4) is 0 Å². The first-order chi connectivity index (χ1) is 14.1. The average molecular weight is 382 g/mol. The number of nitrogens with zero attached hydrogens (tertiary/aromatic N) is 4. The van der Waals surface area contributed by atoms with Gasteiger partial charge in [0.15, 0.2) is 11.5 Å². The predicted octanol–water partition coefficient (Wildman–Crippen LogP) is 4.23. The van der Waals surface area contributed by atoms with Crippen molar-refractivity contribution in [2.24, 2.45) is 0 Å². The lowest BCUT2D eigenvalue weighted by molar-refractivity contribution is 0.632. The number of pyridine rings is 1. The van der Waals surface area contributed by atoms with Crippen molar-refractivity contribution >= 4 is 11.4 Å². The Balaban J connectivity index is 2.04. The molecule has 0 saturated heterocycles. The molecule has 0 aliphatic rings. The van der Waals surface area contributed by atoms with Gasteiger partial charge in [-0.1, -0.05) is 24.3 Å². The van der Waals surface area contributed by atoms with Crippen molar-refractivity contribution in [3.8, 4) is 28.2 Å². The van der Waals surface area contributed by atoms with Crippen LogP contribution in [-0.4, -0.2) is 14.5 Å². The summed E-state index contributed by atoms with van der Waals surface area (Å²) in [4.78, 5) is 25.3. The number of aromatic nitrogens is 3. The Morgan fingerprint density at radius 1 is 1.00 bits per heavy atom. The van der Waals surface area contributed by atoms with Crippen LogP contribution in [0, 0.1) is 12.4 Å². The largest absolute Gasteiger partial charge is 0.396 e. The topological polar surface area (TPSA) is 78.2 Å². The molecule has 2 aromatic heterocycles. The van der Waals surface area contributed by atoms with Crippen LogP contribution in [0.2, 0.25) is 0 Å². The van der Waals surface area contributed by atoms with Gasteiger partial charge in [0.25, 0.3) is 5.56 Å². The summed E-state index contributed by atoms with van der Waals surface area (Å²) in [6, 6.07) is 14.3. The molecule has 140 valence electrons. The maximum Gasteiger partial charge on any atom is 0.261 e. The van der Waals surface area contributed by atoms with Crippen molar-refractivity contribution in [2.75, 3.05) is 5.73 Å². The number of rotatable bonds is 3. The van der Waals surface area contributed by atoms with E-state index in [1.54, 1.807) is 55.0 Å². The van der Waals surface area contributed by atoms with Gasteiger partial charge in [-0.3, -0.25) is 9.36 Å². The smallest absolute Gasteiger partial charge is 0.261 e. The van der Waals surface area contributed by atoms with Gasteiger partial charge in [0.2, 0.25) is 0 Å². The molecule has 2 N–H and O–H groups in total. The number of benzene rings is 2. The van der Waals surface area contributed by atoms with E-state index in [1.807, 2.05) is 0 Å². The number of para-hydroxylation sites is 1. The first kappa shape index (κ1) is 18.1. The van der Waals surface area contributed by atoms with E-state index in [0.717, 1.165) is 0 Å². The van der Waals surface area contributed by atoms with Crippen molar-refractivity contribution in [2.45, 2.75) is 0 Å². The molecule has 0 unspecified atom stereocenters. The summed E-state index contributed by atoms with van der Waals surface area (Å²) in [5, 5.41) is 0. The Hall–Kier alpha value is -4.31. The zero-order valence-electron chi connectivity index (χ0n) is 15.1. The maximum atomic E-state index is 13.6. The minimum Gasteiger partial charge on any atom is -0.396 e. The van der Waals surface area contributed by atoms with E-state index in [0.29, 0.717) is 33.9 Å². The third-order valence-electron chi connectivity index (χ3n) is 4.41. The third-order valence-corrected chi connectivity index (χ3v) is 4.41. The predicted molar refractivity (Wildman–Crippen MR) is 109 cm³/mol. The number of anilines is 1. The van der Waals surface area contributed by atoms with Gasteiger partial charge in [0, 0.05) is 29.7 Å². The molecule has 6 nitrogen and oxygen atoms in total. The Morgan fingerprint density at radius 3 is 2.48 bits per heavy atom. The lowest BCUT2D eigenvalue weighted by atomic mass is 10.0. The van der Waals surface area contributed by atoms with Crippen LogP contribution in [0.15, 0.2) is 78.0 Å². The highest BCUT2D eigenvalue weighted by Gasteiger charge is 2.15. The van der Waals surface area contributed by atoms with Gasteiger partial charge in [0.05, 0.1) is 17.9 Å². The standard InChI is InChI=1S/C22H14FN5O/c1-25-20-6-3-2-5-16(20)17-11-14(21-26-9-4-10-27-21)13-28(22(17)29)15-7-8-18(23)19(24)12-15/h2-13H,24H2/i1-1. The van der Waals surface area contributed by atoms with Crippen LogP contribution in [0.25, 0.3) is 33.0 Å². The summed E-state index contributed by atoms with van der Waals surface area (Å²) < 4.78 is 15.0. The third kappa shape index (κ3) is 3.35. The van der Waals surface area contributed by atoms with Crippen LogP contribution >= 0.6 is 0 Å². The van der Waals surface area contributed by atoms with E-state index in [4.69, 9.17) is 12.3 Å². The van der Waals surface area contributed by atoms with Gasteiger partial charge in [-0.2, -0.15) is 0 Å². The normalized spacial score (nSPS) is 10.5. The first-order valence-electron chi connectivity index (χ1n) is 8.65. The first-order valence-corrected chi connectivity index (χ1v) is 8.65. The van der Waals surface area contributed by atoms with Gasteiger partial charge in [-0.05, 0) is 35.9 Å². The van der Waals surface area contributed by atoms with Crippen LogP contribution in [0.5, 0.6) is 0 Å². The van der Waals surface area contributed by atoms with Crippen molar-refractivity contribution < 1.29 is 4.39 Å². The molecule has 0 radical (unpaired) electrons. The van der Waals surface area contributed by atoms with E-state index >= 15 is 0 Å². The Kier molecular flexibility index (Phi) is 4.59. The zero-order valence-corrected chi connectivity index (χ0v) is 15.1. The maximum absolute atomic E-state index is 13.6. The van der Waals surface area contributed by atoms with Gasteiger partial charge in [-0.25, -0.2) is 19.2 Å². The number of hydrogen-bond acceptors (Lipinski definition) is 4. The fourth-order valence-electron chi connectivity index (χ4n) is 3.02. The monoisotopic (exact) mass is 382 g/mol. The van der Waals surface area contributed by atoms with Crippen molar-refractivity contribution in [3.63, 3.8) is 0 Å². The minimum absolute atomic E-state index is 0.0705. The quantitative estimate of drug-likeness (QED) is 0.425. The molecular weight excluding hydrogens is 368 g/mol. The van der Waals surface area contributed by atoms with Gasteiger partial charge >= 0.3 is 0 Å². The molecule has 0 aliphatic carbocycles. The molecule has 2 heterocycles. The zero-order chi connectivity index (χ0) is 20.4. The second kappa shape index (κ2) is 7.37. The summed E-state index contributed by atoms with van der Waals surface area (Å²) >= 11 is 0. The average Bonchev–Trinajstić information content (AvgIpc) is 2.76.